The Morgan fingerprint density at radius 1 is 0.966 bits per heavy atom. The molecular weight excluding hydrogens is 516 g/mol. The molecule has 29 heavy (non-hydrogen) atoms. The first-order valence-electron chi connectivity index (χ1n) is 8.86. The average Bonchev–Trinajstić information content (AvgIpc) is 2.71. The highest BCUT2D eigenvalue weighted by molar-refractivity contribution is 9.10. The maximum Gasteiger partial charge on any atom is 0.261 e. The van der Waals surface area contributed by atoms with Crippen molar-refractivity contribution in [2.45, 2.75) is 6.42 Å². The monoisotopic (exact) mass is 532 g/mol. The Morgan fingerprint density at radius 2 is 1.69 bits per heavy atom. The van der Waals surface area contributed by atoms with E-state index in [2.05, 4.69) is 42.5 Å². The second-order valence-electron chi connectivity index (χ2n) is 6.11. The van der Waals surface area contributed by atoms with Crippen LogP contribution in [0.1, 0.15) is 15.9 Å². The van der Waals surface area contributed by atoms with E-state index in [9.17, 15) is 4.79 Å². The lowest BCUT2D eigenvalue weighted by molar-refractivity contribution is 0.0973. The zero-order valence-electron chi connectivity index (χ0n) is 15.3. The predicted octanol–water partition coefficient (Wildman–Crippen LogP) is 5.96. The van der Waals surface area contributed by atoms with Crippen LogP contribution in [0.2, 0.25) is 0 Å². The molecule has 0 saturated carbocycles. The molecule has 0 radical (unpaired) electrons. The number of nitrogens with one attached hydrogen (secondary N) is 2. The summed E-state index contributed by atoms with van der Waals surface area (Å²) >= 11 is 12.1. The number of para-hydroxylation sites is 1. The molecule has 3 rings (SSSR count). The highest BCUT2D eigenvalue weighted by Gasteiger charge is 2.15. The summed E-state index contributed by atoms with van der Waals surface area (Å²) in [5.41, 5.74) is 2.35. The number of amides is 1. The summed E-state index contributed by atoms with van der Waals surface area (Å²) in [6.45, 7) is 0.464. The van der Waals surface area contributed by atoms with Crippen LogP contribution in [0.3, 0.4) is 0 Å². The van der Waals surface area contributed by atoms with Gasteiger partial charge in [0.1, 0.15) is 5.75 Å². The van der Waals surface area contributed by atoms with E-state index in [1.54, 1.807) is 12.1 Å². The molecule has 0 atom stereocenters. The van der Waals surface area contributed by atoms with Gasteiger partial charge in [-0.25, -0.2) is 0 Å². The van der Waals surface area contributed by atoms with Crippen LogP contribution >= 0.6 is 44.1 Å². The van der Waals surface area contributed by atoms with Crippen molar-refractivity contribution in [2.75, 3.05) is 11.9 Å². The molecule has 1 amide bonds. The van der Waals surface area contributed by atoms with Gasteiger partial charge in [-0.05, 0) is 64.0 Å². The van der Waals surface area contributed by atoms with Crippen molar-refractivity contribution in [3.8, 4) is 5.75 Å². The van der Waals surface area contributed by atoms with Gasteiger partial charge in [-0.2, -0.15) is 0 Å². The van der Waals surface area contributed by atoms with E-state index in [1.165, 1.54) is 5.56 Å². The van der Waals surface area contributed by atoms with Crippen LogP contribution in [-0.4, -0.2) is 17.6 Å². The zero-order chi connectivity index (χ0) is 20.6. The summed E-state index contributed by atoms with van der Waals surface area (Å²) < 4.78 is 7.51. The fraction of sp³-hybridized carbons (Fsp3) is 0.0909. The SMILES string of the molecule is O=C(NC(=S)Nc1ccccc1Br)c1cc(Br)ccc1OCCc1ccccc1. The summed E-state index contributed by atoms with van der Waals surface area (Å²) in [6.07, 6.45) is 0.750. The third-order valence-corrected chi connectivity index (χ3v) is 5.42. The van der Waals surface area contributed by atoms with Crippen LogP contribution in [0.25, 0.3) is 0 Å². The molecule has 0 fully saturated rings. The zero-order valence-corrected chi connectivity index (χ0v) is 19.3. The molecule has 148 valence electrons. The van der Waals surface area contributed by atoms with Gasteiger partial charge in [0.15, 0.2) is 5.11 Å². The van der Waals surface area contributed by atoms with Gasteiger partial charge in [0.05, 0.1) is 17.9 Å². The first-order valence-corrected chi connectivity index (χ1v) is 10.9. The highest BCUT2D eigenvalue weighted by Crippen LogP contribution is 2.24. The average molecular weight is 534 g/mol. The second kappa shape index (κ2) is 10.5. The van der Waals surface area contributed by atoms with Gasteiger partial charge in [-0.1, -0.05) is 58.4 Å². The van der Waals surface area contributed by atoms with Crippen LogP contribution in [-0.2, 0) is 6.42 Å². The minimum Gasteiger partial charge on any atom is -0.492 e. The van der Waals surface area contributed by atoms with Crippen LogP contribution < -0.4 is 15.4 Å². The quantitative estimate of drug-likeness (QED) is 0.384. The van der Waals surface area contributed by atoms with Gasteiger partial charge in [-0.3, -0.25) is 10.1 Å². The van der Waals surface area contributed by atoms with Gasteiger partial charge < -0.3 is 10.1 Å². The summed E-state index contributed by atoms with van der Waals surface area (Å²) in [6, 6.07) is 22.9. The molecule has 0 aliphatic rings. The van der Waals surface area contributed by atoms with Crippen LogP contribution in [0.5, 0.6) is 5.75 Å². The van der Waals surface area contributed by atoms with Crippen LogP contribution in [0, 0.1) is 0 Å². The predicted molar refractivity (Wildman–Crippen MR) is 128 cm³/mol. The van der Waals surface area contributed by atoms with Gasteiger partial charge in [0, 0.05) is 15.4 Å². The van der Waals surface area contributed by atoms with E-state index in [1.807, 2.05) is 60.7 Å². The summed E-state index contributed by atoms with van der Waals surface area (Å²) in [5, 5.41) is 5.92. The Morgan fingerprint density at radius 3 is 2.45 bits per heavy atom. The first-order chi connectivity index (χ1) is 14.0. The number of anilines is 1. The van der Waals surface area contributed by atoms with Crippen molar-refractivity contribution in [3.63, 3.8) is 0 Å². The Labute approximate surface area is 191 Å². The number of hydrogen-bond acceptors (Lipinski definition) is 3. The first kappa shape index (κ1) is 21.5. The van der Waals surface area contributed by atoms with Crippen molar-refractivity contribution in [3.05, 3.63) is 92.9 Å². The molecule has 0 saturated heterocycles. The smallest absolute Gasteiger partial charge is 0.261 e. The molecule has 2 N–H and O–H groups in total. The van der Waals surface area contributed by atoms with E-state index < -0.39 is 0 Å². The van der Waals surface area contributed by atoms with Crippen molar-refractivity contribution in [2.24, 2.45) is 0 Å². The molecule has 0 unspecified atom stereocenters. The van der Waals surface area contributed by atoms with Crippen molar-refractivity contribution < 1.29 is 9.53 Å². The van der Waals surface area contributed by atoms with Crippen molar-refractivity contribution >= 4 is 60.8 Å². The van der Waals surface area contributed by atoms with E-state index >= 15 is 0 Å². The standard InChI is InChI=1S/C22H18Br2N2O2S/c23-16-10-11-20(28-13-12-15-6-2-1-3-7-15)17(14-16)21(27)26-22(29)25-19-9-5-4-8-18(19)24/h1-11,14H,12-13H2,(H2,25,26,27,29). The maximum atomic E-state index is 12.8. The van der Waals surface area contributed by atoms with Crippen LogP contribution in [0.15, 0.2) is 81.7 Å². The van der Waals surface area contributed by atoms with Gasteiger partial charge in [-0.15, -0.1) is 0 Å². The normalized spacial score (nSPS) is 10.3. The van der Waals surface area contributed by atoms with E-state index in [-0.39, 0.29) is 11.0 Å². The molecular formula is C22H18Br2N2O2S. The fourth-order valence-electron chi connectivity index (χ4n) is 2.62. The molecule has 0 spiro atoms. The van der Waals surface area contributed by atoms with Gasteiger partial charge >= 0.3 is 0 Å². The molecule has 3 aromatic rings. The van der Waals surface area contributed by atoms with Crippen LogP contribution in [0.4, 0.5) is 5.69 Å². The van der Waals surface area contributed by atoms with E-state index in [4.69, 9.17) is 17.0 Å². The lowest BCUT2D eigenvalue weighted by atomic mass is 10.1. The van der Waals surface area contributed by atoms with E-state index in [0.717, 1.165) is 21.1 Å². The number of thiocarbonyl (C=S) groups is 1. The third-order valence-electron chi connectivity index (χ3n) is 4.03. The number of benzene rings is 3. The third kappa shape index (κ3) is 6.39. The Kier molecular flexibility index (Phi) is 7.80. The Balaban J connectivity index is 1.65. The second-order valence-corrected chi connectivity index (χ2v) is 8.29. The number of rotatable bonds is 6. The summed E-state index contributed by atoms with van der Waals surface area (Å²) in [4.78, 5) is 12.8. The largest absolute Gasteiger partial charge is 0.492 e. The number of hydrogen-bond donors (Lipinski definition) is 2. The Bertz CT molecular complexity index is 1010. The highest BCUT2D eigenvalue weighted by atomic mass is 79.9. The summed E-state index contributed by atoms with van der Waals surface area (Å²) in [7, 11) is 0. The lowest BCUT2D eigenvalue weighted by Gasteiger charge is -2.14. The van der Waals surface area contributed by atoms with Gasteiger partial charge in [0.25, 0.3) is 5.91 Å². The van der Waals surface area contributed by atoms with Crippen molar-refractivity contribution in [1.29, 1.82) is 0 Å². The molecule has 3 aromatic carbocycles. The minimum absolute atomic E-state index is 0.206. The molecule has 0 aromatic heterocycles. The van der Waals surface area contributed by atoms with Crippen molar-refractivity contribution in [1.82, 2.24) is 5.32 Å². The minimum atomic E-state index is -0.342. The molecule has 0 aliphatic heterocycles. The number of carbonyl (C=O) groups is 1. The maximum absolute atomic E-state index is 12.8. The lowest BCUT2D eigenvalue weighted by Crippen LogP contribution is -2.34. The Hall–Kier alpha value is -2.22. The molecule has 4 nitrogen and oxygen atoms in total. The molecule has 0 aliphatic carbocycles. The number of ether oxygens (including phenoxy) is 1. The van der Waals surface area contributed by atoms with E-state index in [0.29, 0.717) is 17.9 Å². The molecule has 0 bridgehead atoms. The fourth-order valence-corrected chi connectivity index (χ4v) is 3.56. The number of halogens is 2. The molecule has 0 heterocycles. The summed E-state index contributed by atoms with van der Waals surface area (Å²) in [5.74, 6) is 0.163. The number of carbonyl (C=O) groups excluding carboxylic acids is 1. The molecule has 7 heteroatoms. The topological polar surface area (TPSA) is 50.4 Å². The van der Waals surface area contributed by atoms with Gasteiger partial charge in [0.2, 0.25) is 0 Å².